The zero-order chi connectivity index (χ0) is 21.5. The van der Waals surface area contributed by atoms with Crippen molar-refractivity contribution in [2.75, 3.05) is 24.5 Å². The van der Waals surface area contributed by atoms with Crippen molar-refractivity contribution < 1.29 is 9.59 Å². The van der Waals surface area contributed by atoms with E-state index in [4.69, 9.17) is 0 Å². The van der Waals surface area contributed by atoms with Crippen LogP contribution in [0.1, 0.15) is 44.4 Å². The zero-order valence-electron chi connectivity index (χ0n) is 18.3. The minimum Gasteiger partial charge on any atom is -0.354 e. The number of nitrogens with zero attached hydrogens (tertiary/aromatic N) is 4. The van der Waals surface area contributed by atoms with Gasteiger partial charge >= 0.3 is 0 Å². The van der Waals surface area contributed by atoms with Crippen LogP contribution < -0.4 is 10.2 Å². The van der Waals surface area contributed by atoms with E-state index in [0.717, 1.165) is 37.6 Å². The molecule has 162 valence electrons. The van der Waals surface area contributed by atoms with E-state index >= 15 is 0 Å². The molecular weight excluding hydrogens is 378 g/mol. The second-order valence-electron chi connectivity index (χ2n) is 7.80. The van der Waals surface area contributed by atoms with Crippen molar-refractivity contribution in [2.45, 2.75) is 59.2 Å². The van der Waals surface area contributed by atoms with Gasteiger partial charge in [-0.05, 0) is 31.9 Å². The first-order valence-electron chi connectivity index (χ1n) is 10.9. The highest BCUT2D eigenvalue weighted by atomic mass is 16.2. The summed E-state index contributed by atoms with van der Waals surface area (Å²) in [7, 11) is 0. The van der Waals surface area contributed by atoms with Gasteiger partial charge in [0.05, 0.1) is 12.2 Å². The summed E-state index contributed by atoms with van der Waals surface area (Å²) < 4.78 is 1.83. The lowest BCUT2D eigenvalue weighted by Crippen LogP contribution is -2.52. The van der Waals surface area contributed by atoms with Crippen molar-refractivity contribution in [3.8, 4) is 0 Å². The predicted molar refractivity (Wildman–Crippen MR) is 118 cm³/mol. The van der Waals surface area contributed by atoms with Crippen molar-refractivity contribution in [2.24, 2.45) is 0 Å². The van der Waals surface area contributed by atoms with Crippen molar-refractivity contribution in [1.29, 1.82) is 0 Å². The fourth-order valence-electron chi connectivity index (χ4n) is 3.98. The summed E-state index contributed by atoms with van der Waals surface area (Å²) in [5.41, 5.74) is 2.16. The number of carbonyl (C=O) groups is 2. The molecule has 1 aromatic heterocycles. The zero-order valence-corrected chi connectivity index (χ0v) is 18.3. The molecule has 1 aliphatic rings. The van der Waals surface area contributed by atoms with Crippen molar-refractivity contribution in [3.05, 3.63) is 47.7 Å². The number of fused-ring (bicyclic) bond motifs is 1. The Morgan fingerprint density at radius 2 is 2.03 bits per heavy atom. The first-order chi connectivity index (χ1) is 14.5. The van der Waals surface area contributed by atoms with Crippen LogP contribution in [0.5, 0.6) is 0 Å². The van der Waals surface area contributed by atoms with Gasteiger partial charge in [0.25, 0.3) is 0 Å². The molecule has 1 aliphatic heterocycles. The van der Waals surface area contributed by atoms with Crippen molar-refractivity contribution in [1.82, 2.24) is 20.0 Å². The topological polar surface area (TPSA) is 70.5 Å². The maximum atomic E-state index is 12.9. The van der Waals surface area contributed by atoms with Gasteiger partial charge in [-0.2, -0.15) is 5.10 Å². The van der Waals surface area contributed by atoms with E-state index in [1.165, 1.54) is 5.56 Å². The maximum Gasteiger partial charge on any atom is 0.243 e. The summed E-state index contributed by atoms with van der Waals surface area (Å²) in [5.74, 6) is 0.624. The summed E-state index contributed by atoms with van der Waals surface area (Å²) in [4.78, 5) is 29.5. The van der Waals surface area contributed by atoms with Crippen LogP contribution in [-0.2, 0) is 22.7 Å². The molecule has 1 aromatic carbocycles. The van der Waals surface area contributed by atoms with E-state index in [-0.39, 0.29) is 11.8 Å². The van der Waals surface area contributed by atoms with Crippen LogP contribution in [0.4, 0.5) is 5.82 Å². The van der Waals surface area contributed by atoms with Gasteiger partial charge in [-0.25, -0.2) is 4.68 Å². The molecule has 0 saturated heterocycles. The standard InChI is InChI=1S/C23H33N5O2/c1-4-20(28-21-16-18(3)25-27(21)15-12-22(28)29)23(30)24-13-9-14-26(5-2)17-19-10-7-6-8-11-19/h6-8,10-11,16,20H,4-5,9,12-15,17H2,1-3H3,(H,24,30). The van der Waals surface area contributed by atoms with Crippen molar-refractivity contribution >= 4 is 17.6 Å². The molecule has 1 N–H and O–H groups in total. The van der Waals surface area contributed by atoms with Gasteiger partial charge in [0, 0.05) is 32.1 Å². The Morgan fingerprint density at radius 1 is 1.27 bits per heavy atom. The van der Waals surface area contributed by atoms with E-state index in [1.807, 2.05) is 30.7 Å². The normalized spacial score (nSPS) is 14.7. The van der Waals surface area contributed by atoms with E-state index in [2.05, 4.69) is 46.5 Å². The lowest BCUT2D eigenvalue weighted by atomic mass is 10.1. The van der Waals surface area contributed by atoms with Crippen LogP contribution in [0.25, 0.3) is 0 Å². The third-order valence-electron chi connectivity index (χ3n) is 5.58. The molecule has 2 heterocycles. The Kier molecular flexibility index (Phi) is 7.63. The smallest absolute Gasteiger partial charge is 0.243 e. The Balaban J connectivity index is 1.52. The van der Waals surface area contributed by atoms with E-state index in [0.29, 0.717) is 25.9 Å². The van der Waals surface area contributed by atoms with Gasteiger partial charge in [0.2, 0.25) is 11.8 Å². The first-order valence-corrected chi connectivity index (χ1v) is 10.9. The summed E-state index contributed by atoms with van der Waals surface area (Å²) in [6.45, 7) is 9.97. The molecule has 30 heavy (non-hydrogen) atoms. The van der Waals surface area contributed by atoms with Crippen LogP contribution >= 0.6 is 0 Å². The number of nitrogens with one attached hydrogen (secondary N) is 1. The number of hydrogen-bond acceptors (Lipinski definition) is 4. The fraction of sp³-hybridized carbons (Fsp3) is 0.522. The summed E-state index contributed by atoms with van der Waals surface area (Å²) in [5, 5.41) is 7.48. The number of carbonyl (C=O) groups excluding carboxylic acids is 2. The molecule has 7 heteroatoms. The Hall–Kier alpha value is -2.67. The molecule has 1 unspecified atom stereocenters. The number of rotatable bonds is 10. The number of anilines is 1. The summed E-state index contributed by atoms with van der Waals surface area (Å²) >= 11 is 0. The molecular formula is C23H33N5O2. The largest absolute Gasteiger partial charge is 0.354 e. The average molecular weight is 412 g/mol. The Morgan fingerprint density at radius 3 is 2.73 bits per heavy atom. The van der Waals surface area contributed by atoms with Gasteiger partial charge in [0.15, 0.2) is 0 Å². The Labute approximate surface area is 179 Å². The third-order valence-corrected chi connectivity index (χ3v) is 5.58. The van der Waals surface area contributed by atoms with Gasteiger partial charge in [-0.3, -0.25) is 19.4 Å². The van der Waals surface area contributed by atoms with Gasteiger partial charge in [0.1, 0.15) is 11.9 Å². The second kappa shape index (κ2) is 10.4. The molecule has 0 radical (unpaired) electrons. The third kappa shape index (κ3) is 5.27. The highest BCUT2D eigenvalue weighted by Crippen LogP contribution is 2.26. The SMILES string of the molecule is CCC(C(=O)NCCCN(CC)Cc1ccccc1)N1C(=O)CCn2nc(C)cc21. The van der Waals surface area contributed by atoms with E-state index in [1.54, 1.807) is 4.90 Å². The van der Waals surface area contributed by atoms with E-state index < -0.39 is 6.04 Å². The highest BCUT2D eigenvalue weighted by Gasteiger charge is 2.34. The number of hydrogen-bond donors (Lipinski definition) is 1. The molecule has 0 saturated carbocycles. The quantitative estimate of drug-likeness (QED) is 0.611. The van der Waals surface area contributed by atoms with E-state index in [9.17, 15) is 9.59 Å². The molecule has 7 nitrogen and oxygen atoms in total. The number of aryl methyl sites for hydroxylation is 2. The Bertz CT molecular complexity index is 849. The molecule has 2 aromatic rings. The average Bonchev–Trinajstić information content (AvgIpc) is 3.13. The monoisotopic (exact) mass is 411 g/mol. The molecule has 0 fully saturated rings. The highest BCUT2D eigenvalue weighted by molar-refractivity contribution is 6.00. The minimum absolute atomic E-state index is 0.00980. The predicted octanol–water partition coefficient (Wildman–Crippen LogP) is 2.74. The van der Waals surface area contributed by atoms with Gasteiger partial charge in [-0.15, -0.1) is 0 Å². The minimum atomic E-state index is -0.501. The number of benzene rings is 1. The van der Waals surface area contributed by atoms with Gasteiger partial charge in [-0.1, -0.05) is 44.2 Å². The first kappa shape index (κ1) is 22.0. The molecule has 2 amide bonds. The van der Waals surface area contributed by atoms with Crippen molar-refractivity contribution in [3.63, 3.8) is 0 Å². The van der Waals surface area contributed by atoms with Crippen LogP contribution in [0.15, 0.2) is 36.4 Å². The van der Waals surface area contributed by atoms with Crippen LogP contribution in [-0.4, -0.2) is 52.2 Å². The molecule has 0 bridgehead atoms. The number of amides is 2. The van der Waals surface area contributed by atoms with Crippen LogP contribution in [0.2, 0.25) is 0 Å². The van der Waals surface area contributed by atoms with Gasteiger partial charge < -0.3 is 5.32 Å². The number of aromatic nitrogens is 2. The molecule has 0 aliphatic carbocycles. The van der Waals surface area contributed by atoms with Crippen LogP contribution in [0, 0.1) is 6.92 Å². The maximum absolute atomic E-state index is 12.9. The lowest BCUT2D eigenvalue weighted by Gasteiger charge is -2.33. The van der Waals surface area contributed by atoms with Crippen LogP contribution in [0.3, 0.4) is 0 Å². The molecule has 3 rings (SSSR count). The fourth-order valence-corrected chi connectivity index (χ4v) is 3.98. The molecule has 1 atom stereocenters. The summed E-state index contributed by atoms with van der Waals surface area (Å²) in [6.07, 6.45) is 1.81. The molecule has 0 spiro atoms. The second-order valence-corrected chi connectivity index (χ2v) is 7.80. The summed E-state index contributed by atoms with van der Waals surface area (Å²) in [6, 6.07) is 11.8. The lowest BCUT2D eigenvalue weighted by molar-refractivity contribution is -0.127.